The SMILES string of the molecule is CC(=O)N(C)[C@@H]1[C@H](N)CN(c2ccncc2Cc2ncc3ccc(-c4c(F)cc(OC(C)C)cc4F)nn23)C[C@@H]1C. The largest absolute Gasteiger partial charge is 0.491 e. The molecule has 2 N–H and O–H groups in total. The zero-order valence-electron chi connectivity index (χ0n) is 23.9. The van der Waals surface area contributed by atoms with Crippen LogP contribution < -0.4 is 15.4 Å². The molecule has 9 nitrogen and oxygen atoms in total. The fourth-order valence-corrected chi connectivity index (χ4v) is 5.75. The van der Waals surface area contributed by atoms with Crippen LogP contribution in [0.3, 0.4) is 0 Å². The smallest absolute Gasteiger partial charge is 0.219 e. The van der Waals surface area contributed by atoms with Gasteiger partial charge in [0.1, 0.15) is 23.2 Å². The number of imidazole rings is 1. The summed E-state index contributed by atoms with van der Waals surface area (Å²) in [7, 11) is 1.80. The van der Waals surface area contributed by atoms with Gasteiger partial charge in [0.15, 0.2) is 0 Å². The Bertz CT molecular complexity index is 1540. The van der Waals surface area contributed by atoms with E-state index in [-0.39, 0.29) is 47.0 Å². The van der Waals surface area contributed by atoms with E-state index >= 15 is 8.78 Å². The van der Waals surface area contributed by atoms with E-state index in [1.54, 1.807) is 68.0 Å². The Morgan fingerprint density at radius 1 is 1.17 bits per heavy atom. The number of hydrogen-bond donors (Lipinski definition) is 1. The lowest BCUT2D eigenvalue weighted by Crippen LogP contribution is -2.62. The second-order valence-corrected chi connectivity index (χ2v) is 11.0. The number of fused-ring (bicyclic) bond motifs is 1. The van der Waals surface area contributed by atoms with E-state index in [0.29, 0.717) is 30.9 Å². The van der Waals surface area contributed by atoms with Gasteiger partial charge in [0, 0.05) is 75.3 Å². The van der Waals surface area contributed by atoms with E-state index < -0.39 is 11.6 Å². The first-order chi connectivity index (χ1) is 19.5. The fraction of sp³-hybridized carbons (Fsp3) is 0.400. The molecule has 0 unspecified atom stereocenters. The number of aromatic nitrogens is 4. The number of carbonyl (C=O) groups is 1. The van der Waals surface area contributed by atoms with Crippen LogP contribution in [0, 0.1) is 17.6 Å². The van der Waals surface area contributed by atoms with Gasteiger partial charge in [0.05, 0.1) is 35.1 Å². The quantitative estimate of drug-likeness (QED) is 0.362. The van der Waals surface area contributed by atoms with Crippen molar-refractivity contribution in [2.24, 2.45) is 11.7 Å². The highest BCUT2D eigenvalue weighted by atomic mass is 19.1. The molecule has 0 saturated carbocycles. The molecule has 4 heterocycles. The molecule has 3 aromatic heterocycles. The summed E-state index contributed by atoms with van der Waals surface area (Å²) in [6, 6.07) is 7.31. The second-order valence-electron chi connectivity index (χ2n) is 11.0. The van der Waals surface area contributed by atoms with Crippen molar-refractivity contribution in [3.8, 4) is 17.0 Å². The average molecular weight is 564 g/mol. The molecule has 5 rings (SSSR count). The number of likely N-dealkylation sites (N-methyl/N-ethyl adjacent to an activating group) is 1. The summed E-state index contributed by atoms with van der Waals surface area (Å²) in [6.07, 6.45) is 5.37. The summed E-state index contributed by atoms with van der Waals surface area (Å²) in [5.41, 5.74) is 9.07. The highest BCUT2D eigenvalue weighted by Gasteiger charge is 2.36. The number of rotatable bonds is 7. The average Bonchev–Trinajstić information content (AvgIpc) is 3.29. The summed E-state index contributed by atoms with van der Waals surface area (Å²) in [5.74, 6) is -0.653. The van der Waals surface area contributed by atoms with Gasteiger partial charge in [0.2, 0.25) is 5.91 Å². The van der Waals surface area contributed by atoms with Gasteiger partial charge in [-0.2, -0.15) is 5.10 Å². The Morgan fingerprint density at radius 2 is 1.90 bits per heavy atom. The van der Waals surface area contributed by atoms with Gasteiger partial charge in [-0.3, -0.25) is 9.78 Å². The van der Waals surface area contributed by atoms with Crippen LogP contribution in [0.1, 0.15) is 39.1 Å². The number of anilines is 1. The first kappa shape index (κ1) is 28.4. The van der Waals surface area contributed by atoms with Crippen LogP contribution in [-0.2, 0) is 11.2 Å². The normalized spacial score (nSPS) is 19.1. The number of benzene rings is 1. The number of ether oxygens (including phenoxy) is 1. The fourth-order valence-electron chi connectivity index (χ4n) is 5.75. The molecule has 0 aliphatic carbocycles. The standard InChI is InChI=1S/C30H35F2N7O2/c1-17(2)41-22-11-23(31)29(24(32)12-22)26-7-6-21-14-35-28(39(21)36-26)10-20-13-34-9-8-27(20)38-15-18(3)30(25(33)16-38)37(5)19(4)40/h6-9,11-14,17-18,25,30H,10,15-16,33H2,1-5H3/t18-,25+,30-/m0/s1. The van der Waals surface area contributed by atoms with Crippen LogP contribution in [0.2, 0.25) is 0 Å². The lowest BCUT2D eigenvalue weighted by molar-refractivity contribution is -0.131. The number of amides is 1. The zero-order valence-corrected chi connectivity index (χ0v) is 23.9. The first-order valence-corrected chi connectivity index (χ1v) is 13.7. The van der Waals surface area contributed by atoms with Crippen LogP contribution in [0.5, 0.6) is 5.75 Å². The summed E-state index contributed by atoms with van der Waals surface area (Å²) in [5, 5.41) is 4.57. The van der Waals surface area contributed by atoms with Crippen molar-refractivity contribution in [2.75, 3.05) is 25.0 Å². The van der Waals surface area contributed by atoms with E-state index in [0.717, 1.165) is 11.3 Å². The Labute approximate surface area is 237 Å². The molecule has 0 bridgehead atoms. The van der Waals surface area contributed by atoms with Crippen molar-refractivity contribution in [3.63, 3.8) is 0 Å². The van der Waals surface area contributed by atoms with Crippen LogP contribution in [-0.4, -0.2) is 68.7 Å². The predicted molar refractivity (Wildman–Crippen MR) is 153 cm³/mol. The van der Waals surface area contributed by atoms with Crippen molar-refractivity contribution in [3.05, 3.63) is 71.9 Å². The second kappa shape index (κ2) is 11.4. The molecule has 41 heavy (non-hydrogen) atoms. The molecule has 1 aliphatic rings. The molecule has 1 aliphatic heterocycles. The molecule has 1 aromatic carbocycles. The van der Waals surface area contributed by atoms with Crippen LogP contribution in [0.25, 0.3) is 16.8 Å². The van der Waals surface area contributed by atoms with Gasteiger partial charge in [-0.25, -0.2) is 18.3 Å². The van der Waals surface area contributed by atoms with E-state index in [1.165, 1.54) is 12.1 Å². The highest BCUT2D eigenvalue weighted by molar-refractivity contribution is 5.73. The Balaban J connectivity index is 1.44. The topological polar surface area (TPSA) is 102 Å². The monoisotopic (exact) mass is 563 g/mol. The third-order valence-corrected chi connectivity index (χ3v) is 7.57. The van der Waals surface area contributed by atoms with Gasteiger partial charge in [-0.15, -0.1) is 0 Å². The lowest BCUT2D eigenvalue weighted by atomic mass is 9.88. The van der Waals surface area contributed by atoms with Crippen LogP contribution >= 0.6 is 0 Å². The van der Waals surface area contributed by atoms with Crippen molar-refractivity contribution >= 4 is 17.1 Å². The molecule has 216 valence electrons. The number of hydrogen-bond acceptors (Lipinski definition) is 7. The molecular formula is C30H35F2N7O2. The van der Waals surface area contributed by atoms with Gasteiger partial charge >= 0.3 is 0 Å². The van der Waals surface area contributed by atoms with Crippen molar-refractivity contribution in [1.82, 2.24) is 24.5 Å². The number of nitrogens with zero attached hydrogens (tertiary/aromatic N) is 6. The maximum atomic E-state index is 15.0. The minimum atomic E-state index is -0.756. The number of nitrogens with two attached hydrogens (primary N) is 1. The predicted octanol–water partition coefficient (Wildman–Crippen LogP) is 4.08. The summed E-state index contributed by atoms with van der Waals surface area (Å²) in [6.45, 7) is 8.52. The van der Waals surface area contributed by atoms with Crippen molar-refractivity contribution in [2.45, 2.75) is 52.3 Å². The number of pyridine rings is 1. The third-order valence-electron chi connectivity index (χ3n) is 7.57. The van der Waals surface area contributed by atoms with E-state index in [4.69, 9.17) is 10.5 Å². The molecule has 1 amide bonds. The molecule has 1 fully saturated rings. The summed E-state index contributed by atoms with van der Waals surface area (Å²) in [4.78, 5) is 24.9. The van der Waals surface area contributed by atoms with E-state index in [2.05, 4.69) is 26.9 Å². The molecule has 1 saturated heterocycles. The number of piperidine rings is 1. The first-order valence-electron chi connectivity index (χ1n) is 13.7. The minimum Gasteiger partial charge on any atom is -0.491 e. The highest BCUT2D eigenvalue weighted by Crippen LogP contribution is 2.31. The van der Waals surface area contributed by atoms with E-state index in [1.807, 2.05) is 6.07 Å². The summed E-state index contributed by atoms with van der Waals surface area (Å²) < 4.78 is 37.1. The Morgan fingerprint density at radius 3 is 2.56 bits per heavy atom. The van der Waals surface area contributed by atoms with Crippen LogP contribution in [0.4, 0.5) is 14.5 Å². The molecule has 0 spiro atoms. The Kier molecular flexibility index (Phi) is 7.90. The molecule has 11 heteroatoms. The number of halogens is 2. The number of carbonyl (C=O) groups excluding carboxylic acids is 1. The Hall–Kier alpha value is -4.12. The minimum absolute atomic E-state index is 0.00648. The van der Waals surface area contributed by atoms with Gasteiger partial charge in [-0.05, 0) is 38.0 Å². The zero-order chi connectivity index (χ0) is 29.4. The van der Waals surface area contributed by atoms with Gasteiger partial charge in [-0.1, -0.05) is 6.92 Å². The van der Waals surface area contributed by atoms with Crippen molar-refractivity contribution in [1.29, 1.82) is 0 Å². The molecular weight excluding hydrogens is 528 g/mol. The maximum absolute atomic E-state index is 15.0. The molecule has 0 radical (unpaired) electrons. The van der Waals surface area contributed by atoms with Gasteiger partial charge < -0.3 is 20.3 Å². The maximum Gasteiger partial charge on any atom is 0.219 e. The van der Waals surface area contributed by atoms with Gasteiger partial charge in [0.25, 0.3) is 0 Å². The summed E-state index contributed by atoms with van der Waals surface area (Å²) >= 11 is 0. The lowest BCUT2D eigenvalue weighted by Gasteiger charge is -2.46. The molecule has 3 atom stereocenters. The third kappa shape index (κ3) is 5.72. The van der Waals surface area contributed by atoms with E-state index in [9.17, 15) is 4.79 Å². The van der Waals surface area contributed by atoms with Crippen LogP contribution in [0.15, 0.2) is 48.9 Å². The molecule has 4 aromatic rings. The van der Waals surface area contributed by atoms with Crippen molar-refractivity contribution < 1.29 is 18.3 Å².